The Labute approximate surface area is 144 Å². The number of rotatable bonds is 7. The van der Waals surface area contributed by atoms with E-state index in [1.807, 2.05) is 6.26 Å². The lowest BCUT2D eigenvalue weighted by atomic mass is 10.1. The number of primary amides is 1. The van der Waals surface area contributed by atoms with Crippen LogP contribution in [0.15, 0.2) is 35.6 Å². The molecule has 8 heteroatoms. The van der Waals surface area contributed by atoms with Crippen molar-refractivity contribution in [3.8, 4) is 0 Å². The van der Waals surface area contributed by atoms with Crippen molar-refractivity contribution < 1.29 is 14.3 Å². The summed E-state index contributed by atoms with van der Waals surface area (Å²) in [7, 11) is 0. The van der Waals surface area contributed by atoms with Crippen LogP contribution in [0.2, 0.25) is 0 Å². The van der Waals surface area contributed by atoms with E-state index in [1.54, 1.807) is 31.2 Å². The number of ether oxygens (including phenoxy) is 1. The lowest BCUT2D eigenvalue weighted by Crippen LogP contribution is -2.13. The predicted octanol–water partition coefficient (Wildman–Crippen LogP) is 2.09. The van der Waals surface area contributed by atoms with Gasteiger partial charge in [0.05, 0.1) is 6.61 Å². The SMILES string of the molecule is CCOC(=O)c1cnc(SC)nc1NCc1ccc(C(N)=O)cc1. The minimum Gasteiger partial charge on any atom is -0.462 e. The molecule has 0 aliphatic carbocycles. The van der Waals surface area contributed by atoms with E-state index in [-0.39, 0.29) is 12.2 Å². The molecular formula is C16H18N4O3S. The monoisotopic (exact) mass is 346 g/mol. The molecule has 24 heavy (non-hydrogen) atoms. The summed E-state index contributed by atoms with van der Waals surface area (Å²) in [6.07, 6.45) is 3.31. The average Bonchev–Trinajstić information content (AvgIpc) is 2.60. The van der Waals surface area contributed by atoms with Gasteiger partial charge in [-0.25, -0.2) is 14.8 Å². The van der Waals surface area contributed by atoms with Gasteiger partial charge in [-0.15, -0.1) is 0 Å². The fourth-order valence-corrected chi connectivity index (χ4v) is 2.27. The van der Waals surface area contributed by atoms with Crippen LogP contribution in [0.5, 0.6) is 0 Å². The molecule has 0 spiro atoms. The second-order valence-electron chi connectivity index (χ2n) is 4.75. The van der Waals surface area contributed by atoms with E-state index >= 15 is 0 Å². The second kappa shape index (κ2) is 8.30. The number of nitrogens with zero attached hydrogens (tertiary/aromatic N) is 2. The van der Waals surface area contributed by atoms with E-state index in [9.17, 15) is 9.59 Å². The third kappa shape index (κ3) is 4.45. The fraction of sp³-hybridized carbons (Fsp3) is 0.250. The zero-order valence-electron chi connectivity index (χ0n) is 13.4. The highest BCUT2D eigenvalue weighted by Crippen LogP contribution is 2.18. The number of anilines is 1. The highest BCUT2D eigenvalue weighted by Gasteiger charge is 2.15. The number of nitrogens with two attached hydrogens (primary N) is 1. The number of hydrogen-bond acceptors (Lipinski definition) is 7. The summed E-state index contributed by atoms with van der Waals surface area (Å²) >= 11 is 1.38. The summed E-state index contributed by atoms with van der Waals surface area (Å²) in [5.41, 5.74) is 6.86. The Morgan fingerprint density at radius 3 is 2.58 bits per heavy atom. The van der Waals surface area contributed by atoms with Crippen LogP contribution in [0.4, 0.5) is 5.82 Å². The van der Waals surface area contributed by atoms with E-state index in [2.05, 4.69) is 15.3 Å². The topological polar surface area (TPSA) is 107 Å². The maximum atomic E-state index is 12.0. The minimum absolute atomic E-state index is 0.275. The van der Waals surface area contributed by atoms with E-state index in [0.29, 0.717) is 23.1 Å². The van der Waals surface area contributed by atoms with Gasteiger partial charge >= 0.3 is 5.97 Å². The molecule has 0 unspecified atom stereocenters. The van der Waals surface area contributed by atoms with Crippen molar-refractivity contribution in [2.45, 2.75) is 18.6 Å². The maximum absolute atomic E-state index is 12.0. The van der Waals surface area contributed by atoms with Crippen LogP contribution in [-0.2, 0) is 11.3 Å². The van der Waals surface area contributed by atoms with Gasteiger partial charge in [0, 0.05) is 18.3 Å². The maximum Gasteiger partial charge on any atom is 0.343 e. The van der Waals surface area contributed by atoms with Crippen LogP contribution in [0, 0.1) is 0 Å². The third-order valence-electron chi connectivity index (χ3n) is 3.14. The number of aromatic nitrogens is 2. The van der Waals surface area contributed by atoms with Crippen LogP contribution in [0.1, 0.15) is 33.2 Å². The number of carbonyl (C=O) groups is 2. The molecule has 0 saturated heterocycles. The summed E-state index contributed by atoms with van der Waals surface area (Å²) in [6.45, 7) is 2.44. The standard InChI is InChI=1S/C16H18N4O3S/c1-3-23-15(22)12-9-19-16(24-2)20-14(12)18-8-10-4-6-11(7-5-10)13(17)21/h4-7,9H,3,8H2,1-2H3,(H2,17,21)(H,18,19,20). The zero-order chi connectivity index (χ0) is 17.5. The Hall–Kier alpha value is -2.61. The van der Waals surface area contributed by atoms with Gasteiger partial charge in [0.2, 0.25) is 5.91 Å². The molecule has 1 aromatic heterocycles. The van der Waals surface area contributed by atoms with Crippen molar-refractivity contribution in [3.63, 3.8) is 0 Å². The molecule has 3 N–H and O–H groups in total. The number of amides is 1. The molecule has 0 radical (unpaired) electrons. The van der Waals surface area contributed by atoms with Crippen LogP contribution in [-0.4, -0.2) is 34.7 Å². The Morgan fingerprint density at radius 1 is 1.29 bits per heavy atom. The fourth-order valence-electron chi connectivity index (χ4n) is 1.93. The number of benzene rings is 1. The minimum atomic E-state index is -0.475. The molecule has 1 aromatic carbocycles. The van der Waals surface area contributed by atoms with Crippen LogP contribution < -0.4 is 11.1 Å². The normalized spacial score (nSPS) is 10.2. The number of nitrogens with one attached hydrogen (secondary N) is 1. The van der Waals surface area contributed by atoms with Crippen LogP contribution in [0.3, 0.4) is 0 Å². The first kappa shape index (κ1) is 17.7. The molecule has 2 rings (SSSR count). The summed E-state index contributed by atoms with van der Waals surface area (Å²) in [5, 5.41) is 3.66. The van der Waals surface area contributed by atoms with Gasteiger partial charge in [-0.2, -0.15) is 0 Å². The summed E-state index contributed by atoms with van der Waals surface area (Å²) < 4.78 is 5.02. The average molecular weight is 346 g/mol. The van der Waals surface area contributed by atoms with Crippen molar-refractivity contribution in [2.24, 2.45) is 5.73 Å². The molecule has 126 valence electrons. The molecule has 1 amide bonds. The Bertz CT molecular complexity index is 735. The smallest absolute Gasteiger partial charge is 0.343 e. The van der Waals surface area contributed by atoms with Gasteiger partial charge in [-0.1, -0.05) is 23.9 Å². The van der Waals surface area contributed by atoms with Gasteiger partial charge in [0.15, 0.2) is 5.16 Å². The highest BCUT2D eigenvalue weighted by molar-refractivity contribution is 7.98. The Kier molecular flexibility index (Phi) is 6.14. The molecule has 1 heterocycles. The molecular weight excluding hydrogens is 328 g/mol. The van der Waals surface area contributed by atoms with Gasteiger partial charge in [-0.05, 0) is 30.9 Å². The van der Waals surface area contributed by atoms with Gasteiger partial charge in [-0.3, -0.25) is 4.79 Å². The molecule has 0 aliphatic rings. The van der Waals surface area contributed by atoms with E-state index in [1.165, 1.54) is 18.0 Å². The quantitative estimate of drug-likeness (QED) is 0.449. The molecule has 0 saturated carbocycles. The first-order valence-corrected chi connectivity index (χ1v) is 8.48. The first-order valence-electron chi connectivity index (χ1n) is 7.26. The molecule has 7 nitrogen and oxygen atoms in total. The zero-order valence-corrected chi connectivity index (χ0v) is 14.2. The summed E-state index contributed by atoms with van der Waals surface area (Å²) in [5.74, 6) is -0.539. The van der Waals surface area contributed by atoms with Crippen molar-refractivity contribution >= 4 is 29.5 Å². The summed E-state index contributed by atoms with van der Waals surface area (Å²) in [6, 6.07) is 6.87. The van der Waals surface area contributed by atoms with Gasteiger partial charge < -0.3 is 15.8 Å². The van der Waals surface area contributed by atoms with Gasteiger partial charge in [0.25, 0.3) is 0 Å². The van der Waals surface area contributed by atoms with Crippen molar-refractivity contribution in [3.05, 3.63) is 47.2 Å². The molecule has 0 fully saturated rings. The van der Waals surface area contributed by atoms with Gasteiger partial charge in [0.1, 0.15) is 11.4 Å². The first-order chi connectivity index (χ1) is 11.5. The Balaban J connectivity index is 2.17. The molecule has 0 atom stereocenters. The van der Waals surface area contributed by atoms with Crippen LogP contribution >= 0.6 is 11.8 Å². The van der Waals surface area contributed by atoms with E-state index < -0.39 is 11.9 Å². The largest absolute Gasteiger partial charge is 0.462 e. The number of thioether (sulfide) groups is 1. The van der Waals surface area contributed by atoms with E-state index in [4.69, 9.17) is 10.5 Å². The lowest BCUT2D eigenvalue weighted by molar-refractivity contribution is 0.0526. The Morgan fingerprint density at radius 2 is 2.00 bits per heavy atom. The molecule has 0 bridgehead atoms. The molecule has 0 aliphatic heterocycles. The predicted molar refractivity (Wildman–Crippen MR) is 92.1 cm³/mol. The number of hydrogen-bond donors (Lipinski definition) is 2. The van der Waals surface area contributed by atoms with Crippen molar-refractivity contribution in [2.75, 3.05) is 18.2 Å². The third-order valence-corrected chi connectivity index (χ3v) is 3.70. The van der Waals surface area contributed by atoms with Crippen LogP contribution in [0.25, 0.3) is 0 Å². The summed E-state index contributed by atoms with van der Waals surface area (Å²) in [4.78, 5) is 31.5. The van der Waals surface area contributed by atoms with Crippen molar-refractivity contribution in [1.29, 1.82) is 0 Å². The second-order valence-corrected chi connectivity index (χ2v) is 5.53. The van der Waals surface area contributed by atoms with Crippen molar-refractivity contribution in [1.82, 2.24) is 9.97 Å². The highest BCUT2D eigenvalue weighted by atomic mass is 32.2. The number of esters is 1. The number of carbonyl (C=O) groups excluding carboxylic acids is 2. The molecule has 2 aromatic rings. The lowest BCUT2D eigenvalue weighted by Gasteiger charge is -2.11. The van der Waals surface area contributed by atoms with E-state index in [0.717, 1.165) is 5.56 Å².